The van der Waals surface area contributed by atoms with Gasteiger partial charge in [0, 0.05) is 37.6 Å². The van der Waals surface area contributed by atoms with Crippen molar-refractivity contribution in [1.29, 1.82) is 0 Å². The van der Waals surface area contributed by atoms with Crippen molar-refractivity contribution in [2.45, 2.75) is 50.7 Å². The number of hydrogen-bond donors (Lipinski definition) is 2. The molecule has 0 aliphatic carbocycles. The van der Waals surface area contributed by atoms with Crippen molar-refractivity contribution in [3.05, 3.63) is 66.2 Å². The molecule has 4 rings (SSSR count). The van der Waals surface area contributed by atoms with Gasteiger partial charge in [0.1, 0.15) is 6.04 Å². The van der Waals surface area contributed by atoms with Crippen LogP contribution in [0.5, 0.6) is 0 Å². The molecule has 1 saturated heterocycles. The lowest BCUT2D eigenvalue weighted by Gasteiger charge is -2.39. The Balaban J connectivity index is 1.54. The highest BCUT2D eigenvalue weighted by atomic mass is 32.2. The summed E-state index contributed by atoms with van der Waals surface area (Å²) < 4.78 is 4.94. The summed E-state index contributed by atoms with van der Waals surface area (Å²) in [5.41, 5.74) is 1.91. The number of hydrogen-bond acceptors (Lipinski definition) is 7. The van der Waals surface area contributed by atoms with Crippen molar-refractivity contribution in [2.75, 3.05) is 38.8 Å². The first-order valence-electron chi connectivity index (χ1n) is 13.8. The molecule has 9 nitrogen and oxygen atoms in total. The van der Waals surface area contributed by atoms with Crippen LogP contribution in [-0.2, 0) is 32.1 Å². The normalized spacial score (nSPS) is 16.2. The number of esters is 1. The average Bonchev–Trinajstić information content (AvgIpc) is 3.48. The Hall–Kier alpha value is -3.37. The molecule has 0 radical (unpaired) electrons. The third-order valence-corrected chi connectivity index (χ3v) is 8.03. The van der Waals surface area contributed by atoms with Gasteiger partial charge in [0.05, 0.1) is 26.4 Å². The molecule has 1 fully saturated rings. The van der Waals surface area contributed by atoms with Gasteiger partial charge >= 0.3 is 5.97 Å². The molecule has 0 unspecified atom stereocenters. The zero-order valence-corrected chi connectivity index (χ0v) is 24.1. The predicted molar refractivity (Wildman–Crippen MR) is 158 cm³/mol. The first-order valence-corrected chi connectivity index (χ1v) is 15.2. The molecule has 2 amide bonds. The van der Waals surface area contributed by atoms with Crippen LogP contribution in [-0.4, -0.2) is 88.4 Å². The first kappa shape index (κ1) is 29.6. The fourth-order valence-corrected chi connectivity index (χ4v) is 5.86. The van der Waals surface area contributed by atoms with Gasteiger partial charge in [-0.05, 0) is 54.0 Å². The van der Waals surface area contributed by atoms with E-state index in [9.17, 15) is 14.4 Å². The molecule has 2 heterocycles. The monoisotopic (exact) mass is 565 g/mol. The maximum Gasteiger partial charge on any atom is 0.328 e. The van der Waals surface area contributed by atoms with E-state index in [1.165, 1.54) is 7.11 Å². The molecule has 2 atom stereocenters. The van der Waals surface area contributed by atoms with Crippen LogP contribution < -0.4 is 5.32 Å². The van der Waals surface area contributed by atoms with E-state index >= 15 is 0 Å². The van der Waals surface area contributed by atoms with Crippen LogP contribution in [0.2, 0.25) is 0 Å². The van der Waals surface area contributed by atoms with Crippen molar-refractivity contribution >= 4 is 40.3 Å². The quantitative estimate of drug-likeness (QED) is 0.306. The molecule has 1 aliphatic rings. The maximum absolute atomic E-state index is 13.3. The van der Waals surface area contributed by atoms with E-state index in [4.69, 9.17) is 4.74 Å². The SMILES string of the molecule is COC(=O)[C@H](CCSC)NC(=O)CN(Cc1cccc2ccccc12)C[C@@H]1CCCCN1C(=O)Cc1cnc[nH]1. The van der Waals surface area contributed by atoms with Gasteiger partial charge in [-0.15, -0.1) is 0 Å². The summed E-state index contributed by atoms with van der Waals surface area (Å²) in [6.07, 6.45) is 8.88. The van der Waals surface area contributed by atoms with E-state index in [1.54, 1.807) is 24.3 Å². The number of aromatic amines is 1. The highest BCUT2D eigenvalue weighted by Gasteiger charge is 2.30. The van der Waals surface area contributed by atoms with Gasteiger partial charge in [0.2, 0.25) is 11.8 Å². The number of rotatable bonds is 13. The predicted octanol–water partition coefficient (Wildman–Crippen LogP) is 3.40. The van der Waals surface area contributed by atoms with Crippen LogP contribution in [0.15, 0.2) is 55.0 Å². The maximum atomic E-state index is 13.3. The van der Waals surface area contributed by atoms with Gasteiger partial charge in [-0.2, -0.15) is 11.8 Å². The summed E-state index contributed by atoms with van der Waals surface area (Å²) in [6, 6.07) is 13.7. The lowest BCUT2D eigenvalue weighted by molar-refractivity contribution is -0.145. The van der Waals surface area contributed by atoms with Crippen LogP contribution in [0, 0.1) is 0 Å². The summed E-state index contributed by atoms with van der Waals surface area (Å²) in [5.74, 6) is 0.120. The lowest BCUT2D eigenvalue weighted by atomic mass is 9.99. The van der Waals surface area contributed by atoms with E-state index in [1.807, 2.05) is 29.4 Å². The Bertz CT molecular complexity index is 1260. The number of methoxy groups -OCH3 is 1. The minimum absolute atomic E-state index is 0.0140. The number of fused-ring (bicyclic) bond motifs is 1. The van der Waals surface area contributed by atoms with Gasteiger partial charge < -0.3 is 19.9 Å². The van der Waals surface area contributed by atoms with Crippen LogP contribution >= 0.6 is 11.8 Å². The van der Waals surface area contributed by atoms with E-state index in [2.05, 4.69) is 44.5 Å². The van der Waals surface area contributed by atoms with Crippen molar-refractivity contribution in [1.82, 2.24) is 25.1 Å². The number of nitrogens with zero attached hydrogens (tertiary/aromatic N) is 3. The Morgan fingerprint density at radius 2 is 2.02 bits per heavy atom. The molecule has 2 N–H and O–H groups in total. The standard InChI is InChI=1S/C30H39N5O4S/c1-39-30(38)27(13-15-40-2)33-28(36)20-34(18-23-10-7-9-22-8-3-4-12-26(22)23)19-25-11-5-6-14-35(25)29(37)16-24-17-31-21-32-24/h3-4,7-10,12,17,21,25,27H,5-6,11,13-16,18-20H2,1-2H3,(H,31,32)(H,33,36)/t25-,27-/m0/s1. The van der Waals surface area contributed by atoms with Crippen LogP contribution in [0.4, 0.5) is 0 Å². The zero-order valence-electron chi connectivity index (χ0n) is 23.3. The average molecular weight is 566 g/mol. The smallest absolute Gasteiger partial charge is 0.328 e. The number of carbonyl (C=O) groups is 3. The zero-order chi connectivity index (χ0) is 28.3. The van der Waals surface area contributed by atoms with E-state index < -0.39 is 12.0 Å². The summed E-state index contributed by atoms with van der Waals surface area (Å²) >= 11 is 1.62. The van der Waals surface area contributed by atoms with Crippen LogP contribution in [0.1, 0.15) is 36.9 Å². The molecular weight excluding hydrogens is 526 g/mol. The molecule has 0 bridgehead atoms. The van der Waals surface area contributed by atoms with Crippen molar-refractivity contribution in [2.24, 2.45) is 0 Å². The molecular formula is C30H39N5O4S. The number of carbonyl (C=O) groups excluding carboxylic acids is 3. The topological polar surface area (TPSA) is 108 Å². The molecule has 40 heavy (non-hydrogen) atoms. The number of likely N-dealkylation sites (tertiary alicyclic amines) is 1. The summed E-state index contributed by atoms with van der Waals surface area (Å²) in [4.78, 5) is 50.1. The molecule has 10 heteroatoms. The molecule has 3 aromatic rings. The minimum atomic E-state index is -0.688. The van der Waals surface area contributed by atoms with Crippen molar-refractivity contribution in [3.63, 3.8) is 0 Å². The Labute approximate surface area is 240 Å². The highest BCUT2D eigenvalue weighted by molar-refractivity contribution is 7.98. The molecule has 0 saturated carbocycles. The lowest BCUT2D eigenvalue weighted by Crippen LogP contribution is -2.52. The number of ether oxygens (including phenoxy) is 1. The third-order valence-electron chi connectivity index (χ3n) is 7.39. The Morgan fingerprint density at radius 1 is 1.20 bits per heavy atom. The summed E-state index contributed by atoms with van der Waals surface area (Å²) in [5, 5.41) is 5.17. The number of amides is 2. The van der Waals surface area contributed by atoms with Gasteiger partial charge in [-0.3, -0.25) is 14.5 Å². The number of piperidine rings is 1. The van der Waals surface area contributed by atoms with E-state index in [0.29, 0.717) is 26.1 Å². The van der Waals surface area contributed by atoms with Gasteiger partial charge in [0.25, 0.3) is 0 Å². The molecule has 1 aliphatic heterocycles. The number of H-pyrrole nitrogens is 1. The summed E-state index contributed by atoms with van der Waals surface area (Å²) in [6.45, 7) is 1.90. The first-order chi connectivity index (χ1) is 19.5. The molecule has 2 aromatic carbocycles. The fourth-order valence-electron chi connectivity index (χ4n) is 5.39. The molecule has 0 spiro atoms. The van der Waals surface area contributed by atoms with E-state index in [0.717, 1.165) is 47.0 Å². The number of nitrogens with one attached hydrogen (secondary N) is 2. The third kappa shape index (κ3) is 8.08. The second kappa shape index (κ2) is 14.9. The molecule has 1 aromatic heterocycles. The number of benzene rings is 2. The number of imidazole rings is 1. The second-order valence-corrected chi connectivity index (χ2v) is 11.2. The summed E-state index contributed by atoms with van der Waals surface area (Å²) in [7, 11) is 1.34. The van der Waals surface area contributed by atoms with Crippen molar-refractivity contribution < 1.29 is 19.1 Å². The molecule has 214 valence electrons. The van der Waals surface area contributed by atoms with Crippen LogP contribution in [0.25, 0.3) is 10.8 Å². The number of thioether (sulfide) groups is 1. The Kier molecular flexibility index (Phi) is 11.0. The van der Waals surface area contributed by atoms with Gasteiger partial charge in [0.15, 0.2) is 0 Å². The minimum Gasteiger partial charge on any atom is -0.467 e. The number of aromatic nitrogens is 2. The fraction of sp³-hybridized carbons (Fsp3) is 0.467. The van der Waals surface area contributed by atoms with E-state index in [-0.39, 0.29) is 30.8 Å². The second-order valence-electron chi connectivity index (χ2n) is 10.2. The highest BCUT2D eigenvalue weighted by Crippen LogP contribution is 2.23. The van der Waals surface area contributed by atoms with Crippen molar-refractivity contribution in [3.8, 4) is 0 Å². The van der Waals surface area contributed by atoms with Gasteiger partial charge in [-0.1, -0.05) is 42.5 Å². The van der Waals surface area contributed by atoms with Gasteiger partial charge in [-0.25, -0.2) is 9.78 Å². The van der Waals surface area contributed by atoms with Crippen LogP contribution in [0.3, 0.4) is 0 Å². The Morgan fingerprint density at radius 3 is 2.80 bits per heavy atom. The largest absolute Gasteiger partial charge is 0.467 e.